The van der Waals surface area contributed by atoms with Crippen LogP contribution in [0.2, 0.25) is 0 Å². The van der Waals surface area contributed by atoms with Gasteiger partial charge in [0, 0.05) is 32.5 Å². The normalized spacial score (nSPS) is 10.0. The third kappa shape index (κ3) is 11.4. The molecule has 0 aliphatic carbocycles. The topological polar surface area (TPSA) is 76.7 Å². The van der Waals surface area contributed by atoms with Crippen LogP contribution in [0.15, 0.2) is 0 Å². The molecule has 0 aromatic carbocycles. The van der Waals surface area contributed by atoms with Crippen LogP contribution >= 0.6 is 11.6 Å². The standard InChI is InChI=1S/C10H19ClN2O4/c1-16-6-7-17-8-10(15)13-5-4-12-9(14)2-3-11/h2-8H2,1H3,(H,12,14)(H,13,15). The van der Waals surface area contributed by atoms with E-state index < -0.39 is 0 Å². The molecule has 0 heterocycles. The van der Waals surface area contributed by atoms with Gasteiger partial charge in [0.15, 0.2) is 0 Å². The molecule has 0 rings (SSSR count). The SMILES string of the molecule is COCCOCC(=O)NCCNC(=O)CCCl. The van der Waals surface area contributed by atoms with Gasteiger partial charge in [0.1, 0.15) is 6.61 Å². The van der Waals surface area contributed by atoms with Gasteiger partial charge in [-0.3, -0.25) is 9.59 Å². The van der Waals surface area contributed by atoms with Crippen LogP contribution < -0.4 is 10.6 Å². The summed E-state index contributed by atoms with van der Waals surface area (Å²) in [4.78, 5) is 22.2. The van der Waals surface area contributed by atoms with E-state index in [2.05, 4.69) is 10.6 Å². The smallest absolute Gasteiger partial charge is 0.246 e. The van der Waals surface area contributed by atoms with Gasteiger partial charge in [-0.2, -0.15) is 0 Å². The molecule has 0 radical (unpaired) electrons. The second-order valence-electron chi connectivity index (χ2n) is 3.18. The molecule has 17 heavy (non-hydrogen) atoms. The van der Waals surface area contributed by atoms with Crippen molar-refractivity contribution in [2.75, 3.05) is 45.9 Å². The first-order valence-electron chi connectivity index (χ1n) is 5.36. The monoisotopic (exact) mass is 266 g/mol. The Labute approximate surface area is 106 Å². The molecule has 0 unspecified atom stereocenters. The molecular formula is C10H19ClN2O4. The zero-order chi connectivity index (χ0) is 12.9. The van der Waals surface area contributed by atoms with E-state index >= 15 is 0 Å². The van der Waals surface area contributed by atoms with E-state index in [4.69, 9.17) is 21.1 Å². The molecular weight excluding hydrogens is 248 g/mol. The molecule has 2 N–H and O–H groups in total. The van der Waals surface area contributed by atoms with Crippen LogP contribution in [0.5, 0.6) is 0 Å². The van der Waals surface area contributed by atoms with Crippen LogP contribution in [-0.4, -0.2) is 57.7 Å². The van der Waals surface area contributed by atoms with E-state index in [0.717, 1.165) is 0 Å². The van der Waals surface area contributed by atoms with Crippen molar-refractivity contribution in [3.8, 4) is 0 Å². The van der Waals surface area contributed by atoms with Gasteiger partial charge in [-0.25, -0.2) is 0 Å². The van der Waals surface area contributed by atoms with Crippen molar-refractivity contribution in [3.63, 3.8) is 0 Å². The zero-order valence-electron chi connectivity index (χ0n) is 9.96. The highest BCUT2D eigenvalue weighted by Gasteiger charge is 2.01. The summed E-state index contributed by atoms with van der Waals surface area (Å²) in [6.07, 6.45) is 0.287. The summed E-state index contributed by atoms with van der Waals surface area (Å²) in [5.74, 6) is -0.0378. The molecule has 0 atom stereocenters. The molecule has 0 aliphatic heterocycles. The van der Waals surface area contributed by atoms with Crippen LogP contribution in [0.3, 0.4) is 0 Å². The van der Waals surface area contributed by atoms with Gasteiger partial charge in [-0.15, -0.1) is 11.6 Å². The summed E-state index contributed by atoms with van der Waals surface area (Å²) in [5.41, 5.74) is 0. The van der Waals surface area contributed by atoms with Crippen molar-refractivity contribution >= 4 is 23.4 Å². The van der Waals surface area contributed by atoms with Gasteiger partial charge in [0.05, 0.1) is 13.2 Å². The molecule has 0 fully saturated rings. The number of carbonyl (C=O) groups excluding carboxylic acids is 2. The number of halogens is 1. The zero-order valence-corrected chi connectivity index (χ0v) is 10.7. The second kappa shape index (κ2) is 11.6. The van der Waals surface area contributed by atoms with Crippen LogP contribution in [0.4, 0.5) is 0 Å². The predicted molar refractivity (Wildman–Crippen MR) is 64.1 cm³/mol. The lowest BCUT2D eigenvalue weighted by Gasteiger charge is -2.07. The van der Waals surface area contributed by atoms with Crippen LogP contribution in [0, 0.1) is 0 Å². The molecule has 2 amide bonds. The van der Waals surface area contributed by atoms with E-state index in [1.807, 2.05) is 0 Å². The molecule has 0 aromatic rings. The highest BCUT2D eigenvalue weighted by Crippen LogP contribution is 1.82. The maximum absolute atomic E-state index is 11.2. The molecule has 0 saturated carbocycles. The summed E-state index contributed by atoms with van der Waals surface area (Å²) in [6, 6.07) is 0. The molecule has 0 aromatic heterocycles. The van der Waals surface area contributed by atoms with Gasteiger partial charge in [-0.1, -0.05) is 0 Å². The van der Waals surface area contributed by atoms with Gasteiger partial charge >= 0.3 is 0 Å². The third-order valence-electron chi connectivity index (χ3n) is 1.76. The highest BCUT2D eigenvalue weighted by molar-refractivity contribution is 6.18. The van der Waals surface area contributed by atoms with Crippen molar-refractivity contribution < 1.29 is 19.1 Å². The van der Waals surface area contributed by atoms with Crippen LogP contribution in [-0.2, 0) is 19.1 Å². The van der Waals surface area contributed by atoms with Gasteiger partial charge < -0.3 is 20.1 Å². The average Bonchev–Trinajstić information content (AvgIpc) is 2.31. The molecule has 100 valence electrons. The number of rotatable bonds is 10. The summed E-state index contributed by atoms with van der Waals surface area (Å²) in [5, 5.41) is 5.22. The van der Waals surface area contributed by atoms with Crippen molar-refractivity contribution in [2.45, 2.75) is 6.42 Å². The first-order valence-corrected chi connectivity index (χ1v) is 5.90. The summed E-state index contributed by atoms with van der Waals surface area (Å²) >= 11 is 5.39. The van der Waals surface area contributed by atoms with E-state index in [0.29, 0.717) is 32.2 Å². The molecule has 6 nitrogen and oxygen atoms in total. The lowest BCUT2D eigenvalue weighted by molar-refractivity contribution is -0.126. The maximum Gasteiger partial charge on any atom is 0.246 e. The Morgan fingerprint density at radius 1 is 1.12 bits per heavy atom. The van der Waals surface area contributed by atoms with Crippen molar-refractivity contribution in [1.29, 1.82) is 0 Å². The fraction of sp³-hybridized carbons (Fsp3) is 0.800. The minimum Gasteiger partial charge on any atom is -0.382 e. The van der Waals surface area contributed by atoms with Crippen LogP contribution in [0.25, 0.3) is 0 Å². The summed E-state index contributed by atoms with van der Waals surface area (Å²) in [7, 11) is 1.56. The van der Waals surface area contributed by atoms with Crippen molar-refractivity contribution in [3.05, 3.63) is 0 Å². The number of hydrogen-bond donors (Lipinski definition) is 2. The van der Waals surface area contributed by atoms with E-state index in [-0.39, 0.29) is 24.8 Å². The van der Waals surface area contributed by atoms with E-state index in [1.54, 1.807) is 7.11 Å². The summed E-state index contributed by atoms with van der Waals surface area (Å²) < 4.78 is 9.77. The quantitative estimate of drug-likeness (QED) is 0.413. The van der Waals surface area contributed by atoms with Crippen molar-refractivity contribution in [2.24, 2.45) is 0 Å². The Hall–Kier alpha value is -0.850. The maximum atomic E-state index is 11.2. The Balaban J connectivity index is 3.30. The molecule has 0 spiro atoms. The highest BCUT2D eigenvalue weighted by atomic mass is 35.5. The predicted octanol–water partition coefficient (Wildman–Crippen LogP) is -0.489. The Morgan fingerprint density at radius 3 is 2.35 bits per heavy atom. The minimum atomic E-state index is -0.215. The second-order valence-corrected chi connectivity index (χ2v) is 3.56. The number of alkyl halides is 1. The molecule has 7 heteroatoms. The first kappa shape index (κ1) is 16.1. The lowest BCUT2D eigenvalue weighted by atomic mass is 10.4. The van der Waals surface area contributed by atoms with Crippen LogP contribution in [0.1, 0.15) is 6.42 Å². The number of carbonyl (C=O) groups is 2. The number of methoxy groups -OCH3 is 1. The number of amides is 2. The molecule has 0 aliphatic rings. The number of nitrogens with one attached hydrogen (secondary N) is 2. The van der Waals surface area contributed by atoms with Crippen molar-refractivity contribution in [1.82, 2.24) is 10.6 Å². The Bertz CT molecular complexity index is 226. The van der Waals surface area contributed by atoms with E-state index in [9.17, 15) is 9.59 Å². The number of ether oxygens (including phenoxy) is 2. The van der Waals surface area contributed by atoms with Gasteiger partial charge in [0.25, 0.3) is 0 Å². The fourth-order valence-corrected chi connectivity index (χ4v) is 1.11. The number of hydrogen-bond acceptors (Lipinski definition) is 4. The van der Waals surface area contributed by atoms with E-state index in [1.165, 1.54) is 0 Å². The minimum absolute atomic E-state index is 0.00101. The fourth-order valence-electron chi connectivity index (χ4n) is 0.936. The lowest BCUT2D eigenvalue weighted by Crippen LogP contribution is -2.36. The van der Waals surface area contributed by atoms with Gasteiger partial charge in [0.2, 0.25) is 11.8 Å². The third-order valence-corrected chi connectivity index (χ3v) is 1.94. The van der Waals surface area contributed by atoms with Gasteiger partial charge in [-0.05, 0) is 0 Å². The Morgan fingerprint density at radius 2 is 1.76 bits per heavy atom. The summed E-state index contributed by atoms with van der Waals surface area (Å²) in [6.45, 7) is 1.61. The Kier molecular flexibility index (Phi) is 11.0. The largest absolute Gasteiger partial charge is 0.382 e. The molecule has 0 bridgehead atoms. The average molecular weight is 267 g/mol. The molecule has 0 saturated heterocycles. The first-order chi connectivity index (χ1) is 8.20.